The molecule has 0 aliphatic heterocycles. The molecule has 4 heteroatoms. The van der Waals surface area contributed by atoms with Gasteiger partial charge in [0.1, 0.15) is 6.04 Å². The minimum absolute atomic E-state index is 0.345. The van der Waals surface area contributed by atoms with E-state index in [0.29, 0.717) is 0 Å². The Labute approximate surface area is 119 Å². The number of para-hydroxylation sites is 1. The number of unbranched alkanes of at least 4 members (excludes halogenated alkanes) is 3. The highest BCUT2D eigenvalue weighted by Gasteiger charge is 2.20. The molecule has 1 aromatic heterocycles. The molecule has 1 heterocycles. The average Bonchev–Trinajstić information content (AvgIpc) is 2.90. The maximum Gasteiger partial charge on any atom is 0.266 e. The van der Waals surface area contributed by atoms with Crippen molar-refractivity contribution >= 4 is 16.8 Å². The molecular formula is C16H22N2O2. The summed E-state index contributed by atoms with van der Waals surface area (Å²) in [5.74, 6) is -0.345. The summed E-state index contributed by atoms with van der Waals surface area (Å²) < 4.78 is 1.95. The van der Waals surface area contributed by atoms with Crippen LogP contribution in [0.2, 0.25) is 0 Å². The van der Waals surface area contributed by atoms with Crippen LogP contribution >= 0.6 is 0 Å². The topological polar surface area (TPSA) is 54.3 Å². The van der Waals surface area contributed by atoms with Crippen LogP contribution in [0, 0.1) is 0 Å². The first kappa shape index (κ1) is 14.6. The van der Waals surface area contributed by atoms with E-state index in [2.05, 4.69) is 6.92 Å². The monoisotopic (exact) mass is 274 g/mol. The molecule has 0 saturated carbocycles. The Morgan fingerprint density at radius 2 is 2.05 bits per heavy atom. The molecule has 2 aromatic rings. The fourth-order valence-electron chi connectivity index (χ4n) is 2.61. The van der Waals surface area contributed by atoms with Gasteiger partial charge in [-0.3, -0.25) is 10.0 Å². The first-order valence-corrected chi connectivity index (χ1v) is 7.27. The number of carbonyl (C=O) groups is 1. The zero-order valence-corrected chi connectivity index (χ0v) is 11.9. The first-order chi connectivity index (χ1) is 9.77. The van der Waals surface area contributed by atoms with Crippen molar-refractivity contribution in [3.63, 3.8) is 0 Å². The molecule has 2 N–H and O–H groups in total. The molecule has 0 radical (unpaired) electrons. The van der Waals surface area contributed by atoms with Crippen LogP contribution in [0.4, 0.5) is 0 Å². The number of hydrogen-bond donors (Lipinski definition) is 2. The maximum absolute atomic E-state index is 11.9. The predicted molar refractivity (Wildman–Crippen MR) is 79.7 cm³/mol. The van der Waals surface area contributed by atoms with Gasteiger partial charge in [0.2, 0.25) is 0 Å². The van der Waals surface area contributed by atoms with Gasteiger partial charge in [-0.15, -0.1) is 0 Å². The molecule has 108 valence electrons. The Hall–Kier alpha value is -1.81. The van der Waals surface area contributed by atoms with Crippen LogP contribution in [0.15, 0.2) is 36.5 Å². The van der Waals surface area contributed by atoms with E-state index < -0.39 is 0 Å². The lowest BCUT2D eigenvalue weighted by Crippen LogP contribution is -2.30. The van der Waals surface area contributed by atoms with E-state index in [0.717, 1.165) is 30.2 Å². The molecule has 1 atom stereocenters. The second-order valence-electron chi connectivity index (χ2n) is 5.12. The van der Waals surface area contributed by atoms with Gasteiger partial charge in [0, 0.05) is 11.7 Å². The standard InChI is InChI=1S/C16H22N2O2/c1-2-3-4-5-10-15(16(19)17-20)18-12-11-13-8-6-7-9-14(13)18/h6-9,11-12,15,20H,2-5,10H2,1H3,(H,17,19). The van der Waals surface area contributed by atoms with Crippen molar-refractivity contribution in [1.82, 2.24) is 10.0 Å². The minimum Gasteiger partial charge on any atom is -0.335 e. The second-order valence-corrected chi connectivity index (χ2v) is 5.12. The van der Waals surface area contributed by atoms with Crippen molar-refractivity contribution in [2.45, 2.75) is 45.1 Å². The van der Waals surface area contributed by atoms with Gasteiger partial charge in [-0.05, 0) is 23.9 Å². The minimum atomic E-state index is -0.350. The second kappa shape index (κ2) is 7.10. The first-order valence-electron chi connectivity index (χ1n) is 7.27. The lowest BCUT2D eigenvalue weighted by molar-refractivity contribution is -0.132. The summed E-state index contributed by atoms with van der Waals surface area (Å²) >= 11 is 0. The van der Waals surface area contributed by atoms with Gasteiger partial charge in [0.15, 0.2) is 0 Å². The smallest absolute Gasteiger partial charge is 0.266 e. The third-order valence-electron chi connectivity index (χ3n) is 3.71. The van der Waals surface area contributed by atoms with Crippen LogP contribution in [0.5, 0.6) is 0 Å². The van der Waals surface area contributed by atoms with Crippen molar-refractivity contribution in [2.75, 3.05) is 0 Å². The number of nitrogens with one attached hydrogen (secondary N) is 1. The van der Waals surface area contributed by atoms with Crippen LogP contribution in [0.25, 0.3) is 10.9 Å². The van der Waals surface area contributed by atoms with Crippen LogP contribution < -0.4 is 5.48 Å². The zero-order valence-electron chi connectivity index (χ0n) is 11.9. The normalized spacial score (nSPS) is 12.5. The highest BCUT2D eigenvalue weighted by molar-refractivity contribution is 5.85. The lowest BCUT2D eigenvalue weighted by Gasteiger charge is -2.18. The van der Waals surface area contributed by atoms with Gasteiger partial charge in [-0.25, -0.2) is 5.48 Å². The number of fused-ring (bicyclic) bond motifs is 1. The van der Waals surface area contributed by atoms with E-state index in [4.69, 9.17) is 5.21 Å². The Balaban J connectivity index is 2.19. The Morgan fingerprint density at radius 3 is 2.80 bits per heavy atom. The summed E-state index contributed by atoms with van der Waals surface area (Å²) in [4.78, 5) is 11.9. The van der Waals surface area contributed by atoms with E-state index in [1.165, 1.54) is 12.8 Å². The van der Waals surface area contributed by atoms with Gasteiger partial charge in [0.25, 0.3) is 5.91 Å². The molecule has 20 heavy (non-hydrogen) atoms. The molecule has 1 aromatic carbocycles. The summed E-state index contributed by atoms with van der Waals surface area (Å²) in [6, 6.07) is 9.62. The molecule has 0 spiro atoms. The molecule has 0 saturated heterocycles. The molecule has 1 amide bonds. The largest absolute Gasteiger partial charge is 0.335 e. The molecular weight excluding hydrogens is 252 g/mol. The van der Waals surface area contributed by atoms with E-state index in [1.54, 1.807) is 5.48 Å². The number of hydrogen-bond acceptors (Lipinski definition) is 2. The third-order valence-corrected chi connectivity index (χ3v) is 3.71. The van der Waals surface area contributed by atoms with Gasteiger partial charge >= 0.3 is 0 Å². The van der Waals surface area contributed by atoms with Crippen molar-refractivity contribution in [2.24, 2.45) is 0 Å². The van der Waals surface area contributed by atoms with E-state index in [9.17, 15) is 4.79 Å². The lowest BCUT2D eigenvalue weighted by atomic mass is 10.1. The number of hydroxylamine groups is 1. The van der Waals surface area contributed by atoms with Gasteiger partial charge < -0.3 is 4.57 Å². The number of rotatable bonds is 7. The van der Waals surface area contributed by atoms with E-state index in [-0.39, 0.29) is 11.9 Å². The maximum atomic E-state index is 11.9. The molecule has 0 aliphatic carbocycles. The van der Waals surface area contributed by atoms with Crippen LogP contribution in [0.3, 0.4) is 0 Å². The molecule has 1 unspecified atom stereocenters. The Bertz CT molecular complexity index is 562. The van der Waals surface area contributed by atoms with Crippen molar-refractivity contribution in [3.05, 3.63) is 36.5 Å². The number of carbonyl (C=O) groups excluding carboxylic acids is 1. The number of benzene rings is 1. The summed E-state index contributed by atoms with van der Waals surface area (Å²) in [6.45, 7) is 2.16. The fourth-order valence-corrected chi connectivity index (χ4v) is 2.61. The summed E-state index contributed by atoms with van der Waals surface area (Å²) in [5.41, 5.74) is 2.82. The van der Waals surface area contributed by atoms with Gasteiger partial charge in [-0.2, -0.15) is 0 Å². The Morgan fingerprint density at radius 1 is 1.25 bits per heavy atom. The fraction of sp³-hybridized carbons (Fsp3) is 0.438. The highest BCUT2D eigenvalue weighted by Crippen LogP contribution is 2.24. The summed E-state index contributed by atoms with van der Waals surface area (Å²) in [6.07, 6.45) is 7.11. The van der Waals surface area contributed by atoms with E-state index in [1.807, 2.05) is 41.1 Å². The summed E-state index contributed by atoms with van der Waals surface area (Å²) in [7, 11) is 0. The van der Waals surface area contributed by atoms with Gasteiger partial charge in [-0.1, -0.05) is 50.8 Å². The average molecular weight is 274 g/mol. The molecule has 0 fully saturated rings. The molecule has 0 bridgehead atoms. The zero-order chi connectivity index (χ0) is 14.4. The Kier molecular flexibility index (Phi) is 5.18. The summed E-state index contributed by atoms with van der Waals surface area (Å²) in [5, 5.41) is 10.1. The van der Waals surface area contributed by atoms with Crippen molar-refractivity contribution < 1.29 is 10.0 Å². The third kappa shape index (κ3) is 3.20. The number of nitrogens with zero attached hydrogens (tertiary/aromatic N) is 1. The molecule has 0 aliphatic rings. The quantitative estimate of drug-likeness (QED) is 0.460. The predicted octanol–water partition coefficient (Wildman–Crippen LogP) is 3.66. The van der Waals surface area contributed by atoms with Crippen LogP contribution in [0.1, 0.15) is 45.1 Å². The van der Waals surface area contributed by atoms with Crippen molar-refractivity contribution in [1.29, 1.82) is 0 Å². The molecule has 4 nitrogen and oxygen atoms in total. The molecule has 2 rings (SSSR count). The highest BCUT2D eigenvalue weighted by atomic mass is 16.5. The van der Waals surface area contributed by atoms with Crippen LogP contribution in [-0.2, 0) is 4.79 Å². The van der Waals surface area contributed by atoms with Gasteiger partial charge in [0.05, 0.1) is 0 Å². The SMILES string of the molecule is CCCCCCC(C(=O)NO)n1ccc2ccccc21. The number of aromatic nitrogens is 1. The van der Waals surface area contributed by atoms with Crippen molar-refractivity contribution in [3.8, 4) is 0 Å². The van der Waals surface area contributed by atoms with E-state index >= 15 is 0 Å². The van der Waals surface area contributed by atoms with Crippen LogP contribution in [-0.4, -0.2) is 15.7 Å². The number of amides is 1.